The minimum Gasteiger partial charge on any atom is -0.395 e. The molecule has 6 unspecified atom stereocenters. The van der Waals surface area contributed by atoms with Crippen molar-refractivity contribution in [1.82, 2.24) is 0 Å². The maximum absolute atomic E-state index is 5.76. The average molecular weight is 1010 g/mol. The Hall–Kier alpha value is 0.148. The Balaban J connectivity index is 0.000000298. The van der Waals surface area contributed by atoms with Gasteiger partial charge in [-0.2, -0.15) is 0 Å². The lowest BCUT2D eigenvalue weighted by Gasteiger charge is -2.28. The van der Waals surface area contributed by atoms with Gasteiger partial charge in [-0.1, -0.05) is 0 Å². The van der Waals surface area contributed by atoms with Crippen molar-refractivity contribution in [2.24, 2.45) is 5.92 Å². The Morgan fingerprint density at radius 1 is 0.446 bits per heavy atom. The third kappa shape index (κ3) is 27.4. The minimum atomic E-state index is -2.47. The molecule has 0 amide bonds. The lowest BCUT2D eigenvalue weighted by atomic mass is 9.88. The molecule has 0 aromatic carbocycles. The lowest BCUT2D eigenvalue weighted by molar-refractivity contribution is 0.0648. The third-order valence-corrected chi connectivity index (χ3v) is 23.2. The zero-order valence-electron chi connectivity index (χ0n) is 42.5. The highest BCUT2D eigenvalue weighted by Gasteiger charge is 2.46. The number of epoxide rings is 4. The number of rotatable bonds is 37. The van der Waals surface area contributed by atoms with Crippen LogP contribution in [0.1, 0.15) is 79.6 Å². The number of hydrogen-bond acceptors (Lipinski definition) is 18. The lowest BCUT2D eigenvalue weighted by Crippen LogP contribution is -2.46. The Morgan fingerprint density at radius 2 is 0.815 bits per heavy atom. The van der Waals surface area contributed by atoms with E-state index in [9.17, 15) is 0 Å². The second kappa shape index (κ2) is 35.3. The van der Waals surface area contributed by atoms with E-state index in [0.717, 1.165) is 102 Å². The van der Waals surface area contributed by atoms with E-state index in [4.69, 9.17) is 81.8 Å². The van der Waals surface area contributed by atoms with Crippen LogP contribution in [0.25, 0.3) is 0 Å². The second-order valence-electron chi connectivity index (χ2n) is 16.4. The molecule has 0 aromatic rings. The summed E-state index contributed by atoms with van der Waals surface area (Å²) in [5.74, 6) is 0.760. The molecule has 0 bridgehead atoms. The fraction of sp³-hybridized carbons (Fsp3) is 1.00. The summed E-state index contributed by atoms with van der Waals surface area (Å²) in [6.07, 6.45) is 9.83. The molecule has 6 atom stereocenters. The maximum Gasteiger partial charge on any atom is 0.501 e. The summed E-state index contributed by atoms with van der Waals surface area (Å²) in [6.45, 7) is 22.3. The molecule has 0 aromatic heterocycles. The van der Waals surface area contributed by atoms with E-state index < -0.39 is 35.0 Å². The number of fused-ring (bicyclic) bond motifs is 1. The van der Waals surface area contributed by atoms with Crippen molar-refractivity contribution in [3.8, 4) is 0 Å². The summed E-state index contributed by atoms with van der Waals surface area (Å²) in [4.78, 5) is 0. The third-order valence-electron chi connectivity index (χ3n) is 11.4. The van der Waals surface area contributed by atoms with Crippen LogP contribution in [0.15, 0.2) is 0 Å². The molecule has 4 saturated heterocycles. The summed E-state index contributed by atoms with van der Waals surface area (Å²) in [6, 6.07) is 3.51. The molecule has 388 valence electrons. The highest BCUT2D eigenvalue weighted by atomic mass is 28.4. The van der Waals surface area contributed by atoms with Crippen LogP contribution in [0.5, 0.6) is 0 Å². The second-order valence-corrected chi connectivity index (χ2v) is 28.7. The molecule has 0 radical (unpaired) electrons. The predicted octanol–water partition coefficient (Wildman–Crippen LogP) is 6.27. The molecule has 4 aliphatic heterocycles. The van der Waals surface area contributed by atoms with Gasteiger partial charge in [-0.3, -0.25) is 0 Å². The van der Waals surface area contributed by atoms with E-state index in [1.54, 1.807) is 42.7 Å². The van der Waals surface area contributed by atoms with Gasteiger partial charge in [0.15, 0.2) is 0 Å². The smallest absolute Gasteiger partial charge is 0.395 e. The molecule has 1 saturated carbocycles. The van der Waals surface area contributed by atoms with Crippen LogP contribution in [0, 0.1) is 5.92 Å². The molecule has 1 aliphatic carbocycles. The van der Waals surface area contributed by atoms with Gasteiger partial charge in [0.2, 0.25) is 0 Å². The fourth-order valence-corrected chi connectivity index (χ4v) is 16.0. The van der Waals surface area contributed by atoms with Crippen LogP contribution in [-0.2, 0) is 81.8 Å². The first-order valence-electron chi connectivity index (χ1n) is 24.2. The molecule has 5 aliphatic rings. The zero-order chi connectivity index (χ0) is 47.9. The van der Waals surface area contributed by atoms with Gasteiger partial charge >= 0.3 is 35.0 Å². The molecule has 0 spiro atoms. The van der Waals surface area contributed by atoms with Gasteiger partial charge < -0.3 is 81.8 Å². The van der Waals surface area contributed by atoms with Crippen molar-refractivity contribution in [2.45, 2.75) is 141 Å². The monoisotopic (exact) mass is 1010 g/mol. The molecular weight excluding hydrogens is 917 g/mol. The van der Waals surface area contributed by atoms with Crippen LogP contribution in [0.3, 0.4) is 0 Å². The van der Waals surface area contributed by atoms with E-state index >= 15 is 0 Å². The number of hydrogen-bond donors (Lipinski definition) is 0. The van der Waals surface area contributed by atoms with E-state index in [1.165, 1.54) is 19.3 Å². The van der Waals surface area contributed by atoms with Gasteiger partial charge in [-0.25, -0.2) is 0 Å². The molecule has 18 nitrogen and oxygen atoms in total. The summed E-state index contributed by atoms with van der Waals surface area (Å²) in [7, 11) is 0.780. The molecule has 5 fully saturated rings. The highest BCUT2D eigenvalue weighted by Crippen LogP contribution is 2.41. The van der Waals surface area contributed by atoms with Gasteiger partial charge in [0.05, 0.1) is 51.8 Å². The van der Waals surface area contributed by atoms with Crippen LogP contribution < -0.4 is 0 Å². The van der Waals surface area contributed by atoms with Crippen molar-refractivity contribution < 1.29 is 81.8 Å². The van der Waals surface area contributed by atoms with E-state index in [2.05, 4.69) is 6.55 Å². The highest BCUT2D eigenvalue weighted by molar-refractivity contribution is 6.66. The zero-order valence-corrected chi connectivity index (χ0v) is 46.5. The van der Waals surface area contributed by atoms with Gasteiger partial charge in [0.25, 0.3) is 0 Å². The molecule has 5 rings (SSSR count). The topological polar surface area (TPSA) is 179 Å². The van der Waals surface area contributed by atoms with Crippen molar-refractivity contribution in [1.29, 1.82) is 0 Å². The molecule has 0 N–H and O–H groups in total. The quantitative estimate of drug-likeness (QED) is 0.0386. The normalized spacial score (nSPS) is 23.3. The van der Waals surface area contributed by atoms with Gasteiger partial charge in [0, 0.05) is 114 Å². The summed E-state index contributed by atoms with van der Waals surface area (Å²) < 4.78 is 98.1. The Morgan fingerprint density at radius 3 is 1.17 bits per heavy atom. The predicted molar refractivity (Wildman–Crippen MR) is 254 cm³/mol. The molecular formula is C43H92O18Si4. The average Bonchev–Trinajstić information content (AvgIpc) is 4.08. The van der Waals surface area contributed by atoms with Gasteiger partial charge in [-0.05, 0) is 98.1 Å². The van der Waals surface area contributed by atoms with Gasteiger partial charge in [0.1, 0.15) is 18.3 Å². The first-order valence-corrected chi connectivity index (χ1v) is 32.5. The van der Waals surface area contributed by atoms with Crippen molar-refractivity contribution >= 4 is 35.0 Å². The van der Waals surface area contributed by atoms with Crippen molar-refractivity contribution in [3.05, 3.63) is 0 Å². The first kappa shape index (κ1) is 61.3. The molecule has 4 heterocycles. The summed E-state index contributed by atoms with van der Waals surface area (Å²) in [5, 5.41) is 0. The van der Waals surface area contributed by atoms with Crippen molar-refractivity contribution in [3.63, 3.8) is 0 Å². The number of ether oxygens (including phenoxy) is 7. The first-order chi connectivity index (χ1) is 31.4. The molecule has 65 heavy (non-hydrogen) atoms. The Bertz CT molecular complexity index is 1100. The van der Waals surface area contributed by atoms with Crippen LogP contribution in [-0.4, -0.2) is 201 Å². The fourth-order valence-electron chi connectivity index (χ4n) is 7.45. The SMILES string of the molecule is CCO[Si](C)(CCCOCC1CO1)OCC.CCO[Si](CCCOCC1CO1)(OCC)OCC.CO[Si](CCC1CCC2OC2C1)(OC)OC.CO[Si](CCCOCC1CO1)(OC)OC. The Kier molecular flexibility index (Phi) is 33.3. The summed E-state index contributed by atoms with van der Waals surface area (Å²) >= 11 is 0. The summed E-state index contributed by atoms with van der Waals surface area (Å²) in [5.41, 5.74) is 0. The van der Waals surface area contributed by atoms with E-state index in [0.29, 0.717) is 76.8 Å². The van der Waals surface area contributed by atoms with Crippen molar-refractivity contribution in [2.75, 3.05) is 135 Å². The minimum absolute atomic E-state index is 0.331. The van der Waals surface area contributed by atoms with Crippen LogP contribution in [0.2, 0.25) is 30.7 Å². The van der Waals surface area contributed by atoms with Crippen LogP contribution >= 0.6 is 0 Å². The molecule has 22 heteroatoms. The standard InChI is InChI=1S/C12H26O5Si.C11H22O4Si.C11H24O4Si.C9H20O5Si/c1-4-15-18(16-5-2,17-6-3)9-7-8-13-10-12-11-14-12;1-12-16(13-2,14-3)7-6-9-4-5-10-11(8-9)15-10;1-4-14-16(3,15-5-2)8-6-7-12-9-11-10-13-11;1-10-15(11-2,12-3)6-4-5-13-7-9-8-14-9/h12H,4-11H2,1-3H3;9-11H,4-8H2,1-3H3;11H,4-10H2,1-3H3;9H,4-8H2,1-3H3. The van der Waals surface area contributed by atoms with Crippen LogP contribution in [0.4, 0.5) is 0 Å². The maximum atomic E-state index is 5.76. The van der Waals surface area contributed by atoms with E-state index in [1.807, 2.05) is 34.6 Å². The van der Waals surface area contributed by atoms with Gasteiger partial charge in [-0.15, -0.1) is 0 Å². The largest absolute Gasteiger partial charge is 0.501 e. The Labute approximate surface area is 397 Å². The van der Waals surface area contributed by atoms with E-state index in [-0.39, 0.29) is 0 Å².